The smallest absolute Gasteiger partial charge is 0.228 e. The first kappa shape index (κ1) is 8.07. The molecule has 2 rings (SSSR count). The first-order valence-electron chi connectivity index (χ1n) is 4.06. The fourth-order valence-corrected chi connectivity index (χ4v) is 1.56. The van der Waals surface area contributed by atoms with E-state index < -0.39 is 0 Å². The summed E-state index contributed by atoms with van der Waals surface area (Å²) in [4.78, 5) is 11.1. The zero-order valence-corrected chi connectivity index (χ0v) is 7.00. The summed E-state index contributed by atoms with van der Waals surface area (Å²) in [6, 6.07) is 3.29. The Morgan fingerprint density at radius 2 is 2.31 bits per heavy atom. The number of phenolic OH excluding ortho intramolecular Hbond substituents is 1. The molecule has 4 heteroatoms. The Morgan fingerprint density at radius 3 is 3.00 bits per heavy atom. The van der Waals surface area contributed by atoms with Crippen LogP contribution < -0.4 is 11.1 Å². The molecule has 0 radical (unpaired) electrons. The van der Waals surface area contributed by atoms with Gasteiger partial charge in [-0.1, -0.05) is 6.07 Å². The van der Waals surface area contributed by atoms with Crippen LogP contribution in [-0.2, 0) is 17.8 Å². The standard InChI is InChI=1S/C9H10N2O2/c10-4-5-1-2-7(12)9-6(5)3-8(13)11-9/h1-2,12H,3-4,10H2,(H,11,13). The molecule has 1 aliphatic heterocycles. The number of phenols is 1. The molecule has 1 heterocycles. The number of carbonyl (C=O) groups is 1. The molecular weight excluding hydrogens is 168 g/mol. The molecule has 0 saturated carbocycles. The number of aromatic hydroxyl groups is 1. The van der Waals surface area contributed by atoms with E-state index in [1.165, 1.54) is 0 Å². The van der Waals surface area contributed by atoms with Crippen molar-refractivity contribution in [1.82, 2.24) is 0 Å². The maximum atomic E-state index is 11.1. The highest BCUT2D eigenvalue weighted by molar-refractivity contribution is 6.01. The second kappa shape index (κ2) is 2.74. The number of hydrogen-bond acceptors (Lipinski definition) is 3. The highest BCUT2D eigenvalue weighted by atomic mass is 16.3. The van der Waals surface area contributed by atoms with E-state index in [1.54, 1.807) is 12.1 Å². The van der Waals surface area contributed by atoms with Crippen molar-refractivity contribution in [2.75, 3.05) is 5.32 Å². The number of nitrogens with two attached hydrogens (primary N) is 1. The summed E-state index contributed by atoms with van der Waals surface area (Å²) in [7, 11) is 0. The summed E-state index contributed by atoms with van der Waals surface area (Å²) in [5.41, 5.74) is 7.75. The van der Waals surface area contributed by atoms with Crippen molar-refractivity contribution in [3.8, 4) is 5.75 Å². The quantitative estimate of drug-likeness (QED) is 0.543. The van der Waals surface area contributed by atoms with E-state index >= 15 is 0 Å². The lowest BCUT2D eigenvalue weighted by Crippen LogP contribution is -2.04. The largest absolute Gasteiger partial charge is 0.506 e. The molecule has 1 aliphatic rings. The first-order valence-corrected chi connectivity index (χ1v) is 4.06. The summed E-state index contributed by atoms with van der Waals surface area (Å²) in [5, 5.41) is 12.0. The molecule has 0 saturated heterocycles. The molecule has 4 nitrogen and oxygen atoms in total. The maximum absolute atomic E-state index is 11.1. The predicted molar refractivity (Wildman–Crippen MR) is 48.3 cm³/mol. The number of benzene rings is 1. The van der Waals surface area contributed by atoms with Crippen LogP contribution in [0.4, 0.5) is 5.69 Å². The summed E-state index contributed by atoms with van der Waals surface area (Å²) < 4.78 is 0. The molecule has 68 valence electrons. The molecular formula is C9H10N2O2. The Balaban J connectivity index is 2.58. The van der Waals surface area contributed by atoms with Crippen LogP contribution in [0, 0.1) is 0 Å². The molecule has 0 aromatic heterocycles. The molecule has 0 fully saturated rings. The third-order valence-electron chi connectivity index (χ3n) is 2.21. The van der Waals surface area contributed by atoms with Gasteiger partial charge in [0.25, 0.3) is 0 Å². The fraction of sp³-hybridized carbons (Fsp3) is 0.222. The van der Waals surface area contributed by atoms with Gasteiger partial charge in [0.2, 0.25) is 5.91 Å². The number of fused-ring (bicyclic) bond motifs is 1. The molecule has 0 unspecified atom stereocenters. The second-order valence-electron chi connectivity index (χ2n) is 3.03. The number of nitrogens with one attached hydrogen (secondary N) is 1. The molecule has 0 spiro atoms. The first-order chi connectivity index (χ1) is 6.22. The summed E-state index contributed by atoms with van der Waals surface area (Å²) in [6.45, 7) is 0.386. The van der Waals surface area contributed by atoms with Gasteiger partial charge in [0.15, 0.2) is 0 Å². The number of carbonyl (C=O) groups excluding carboxylic acids is 1. The molecule has 1 amide bonds. The van der Waals surface area contributed by atoms with Gasteiger partial charge < -0.3 is 16.2 Å². The van der Waals surface area contributed by atoms with Crippen molar-refractivity contribution in [2.45, 2.75) is 13.0 Å². The molecule has 0 bridgehead atoms. The van der Waals surface area contributed by atoms with E-state index in [1.807, 2.05) is 0 Å². The molecule has 4 N–H and O–H groups in total. The number of anilines is 1. The van der Waals surface area contributed by atoms with Gasteiger partial charge in [-0.15, -0.1) is 0 Å². The van der Waals surface area contributed by atoms with Crippen molar-refractivity contribution < 1.29 is 9.90 Å². The van der Waals surface area contributed by atoms with Crippen LogP contribution in [-0.4, -0.2) is 11.0 Å². The topological polar surface area (TPSA) is 75.3 Å². The van der Waals surface area contributed by atoms with E-state index in [0.29, 0.717) is 18.7 Å². The van der Waals surface area contributed by atoms with Crippen LogP contribution in [0.15, 0.2) is 12.1 Å². The van der Waals surface area contributed by atoms with Gasteiger partial charge in [-0.2, -0.15) is 0 Å². The Labute approximate surface area is 75.4 Å². The van der Waals surface area contributed by atoms with Crippen LogP contribution >= 0.6 is 0 Å². The normalized spacial score (nSPS) is 14.1. The van der Waals surface area contributed by atoms with Crippen molar-refractivity contribution in [3.63, 3.8) is 0 Å². The van der Waals surface area contributed by atoms with Gasteiger partial charge in [0.1, 0.15) is 5.75 Å². The van der Waals surface area contributed by atoms with Crippen molar-refractivity contribution >= 4 is 11.6 Å². The lowest BCUT2D eigenvalue weighted by atomic mass is 10.0. The van der Waals surface area contributed by atoms with Crippen LogP contribution in [0.2, 0.25) is 0 Å². The van der Waals surface area contributed by atoms with Crippen molar-refractivity contribution in [2.24, 2.45) is 5.73 Å². The van der Waals surface area contributed by atoms with E-state index in [9.17, 15) is 9.90 Å². The van der Waals surface area contributed by atoms with E-state index in [0.717, 1.165) is 11.1 Å². The Bertz CT molecular complexity index is 374. The SMILES string of the molecule is NCc1ccc(O)c2c1CC(=O)N2. The molecule has 1 aromatic carbocycles. The summed E-state index contributed by atoms with van der Waals surface area (Å²) in [5.74, 6) is 0.0178. The van der Waals surface area contributed by atoms with Crippen LogP contribution in [0.3, 0.4) is 0 Å². The van der Waals surface area contributed by atoms with E-state index in [-0.39, 0.29) is 11.7 Å². The van der Waals surface area contributed by atoms with Gasteiger partial charge in [-0.25, -0.2) is 0 Å². The minimum absolute atomic E-state index is 0.0915. The van der Waals surface area contributed by atoms with Gasteiger partial charge in [-0.05, 0) is 17.2 Å². The zero-order chi connectivity index (χ0) is 9.42. The highest BCUT2D eigenvalue weighted by Gasteiger charge is 2.22. The van der Waals surface area contributed by atoms with Crippen LogP contribution in [0.1, 0.15) is 11.1 Å². The average Bonchev–Trinajstić information content (AvgIpc) is 2.48. The third-order valence-corrected chi connectivity index (χ3v) is 2.21. The van der Waals surface area contributed by atoms with Crippen molar-refractivity contribution in [3.05, 3.63) is 23.3 Å². The zero-order valence-electron chi connectivity index (χ0n) is 7.00. The lowest BCUT2D eigenvalue weighted by Gasteiger charge is -2.05. The Kier molecular flexibility index (Phi) is 1.70. The number of rotatable bonds is 1. The maximum Gasteiger partial charge on any atom is 0.228 e. The lowest BCUT2D eigenvalue weighted by molar-refractivity contribution is -0.115. The van der Waals surface area contributed by atoms with Gasteiger partial charge >= 0.3 is 0 Å². The van der Waals surface area contributed by atoms with Crippen LogP contribution in [0.5, 0.6) is 5.75 Å². The van der Waals surface area contributed by atoms with Gasteiger partial charge in [0, 0.05) is 6.54 Å². The third kappa shape index (κ3) is 1.15. The minimum atomic E-state index is -0.0915. The second-order valence-corrected chi connectivity index (χ2v) is 3.03. The number of amides is 1. The average molecular weight is 178 g/mol. The van der Waals surface area contributed by atoms with E-state index in [2.05, 4.69) is 5.32 Å². The highest BCUT2D eigenvalue weighted by Crippen LogP contribution is 2.34. The number of hydrogen-bond donors (Lipinski definition) is 3. The monoisotopic (exact) mass is 178 g/mol. The molecule has 0 aliphatic carbocycles. The van der Waals surface area contributed by atoms with Crippen LogP contribution in [0.25, 0.3) is 0 Å². The fourth-order valence-electron chi connectivity index (χ4n) is 1.56. The van der Waals surface area contributed by atoms with E-state index in [4.69, 9.17) is 5.73 Å². The Morgan fingerprint density at radius 1 is 1.54 bits per heavy atom. The summed E-state index contributed by atoms with van der Waals surface area (Å²) >= 11 is 0. The van der Waals surface area contributed by atoms with Crippen molar-refractivity contribution in [1.29, 1.82) is 0 Å². The van der Waals surface area contributed by atoms with Gasteiger partial charge in [0.05, 0.1) is 12.1 Å². The molecule has 1 aromatic rings. The molecule has 0 atom stereocenters. The van der Waals surface area contributed by atoms with Gasteiger partial charge in [-0.3, -0.25) is 4.79 Å². The Hall–Kier alpha value is -1.55. The minimum Gasteiger partial charge on any atom is -0.506 e. The molecule has 13 heavy (non-hydrogen) atoms. The summed E-state index contributed by atoms with van der Waals surface area (Å²) in [6.07, 6.45) is 0.316. The predicted octanol–water partition coefficient (Wildman–Crippen LogP) is 0.345.